The summed E-state index contributed by atoms with van der Waals surface area (Å²) < 4.78 is 0. The monoisotopic (exact) mass is 1800 g/mol. The Morgan fingerprint density at radius 1 is 0.221 bits per heavy atom. The predicted molar refractivity (Wildman–Crippen MR) is 570 cm³/mol. The van der Waals surface area contributed by atoms with Crippen LogP contribution in [0.25, 0.3) is 0 Å². The Labute approximate surface area is 814 Å². The molecule has 0 saturated heterocycles. The van der Waals surface area contributed by atoms with Crippen LogP contribution >= 0.6 is 0 Å². The van der Waals surface area contributed by atoms with Crippen molar-refractivity contribution in [2.24, 2.45) is 16.7 Å². The highest BCUT2D eigenvalue weighted by Crippen LogP contribution is 2.52. The molecule has 1 aliphatic rings. The molecule has 0 heterocycles. The lowest BCUT2D eigenvalue weighted by molar-refractivity contribution is -0.121. The minimum absolute atomic E-state index is 0.0479. The standard InChI is InChI=1S/C130H146N2O4/c1-12-95(98-48-26-15-27-49-98)79-112(102-56-34-19-35-57-102)83-116(106-64-42-23-43-65-106)87-119(85-114(104-60-38-21-39-61-104)81-97(14-3)100-52-30-17-31-53-100)109-70-74-121(75-71-109)131-123(133)90-129(8,9)125-93(6)128(136)126(94(7)127(125)135)130(10,11)91-124(134)132-122-76-72-110(73-77-122)120(88-117(107-66-44-24-45-67-107)84-113(103-58-36-20-37-59-103)80-96(13-2)99-50-28-16-29-51-99)89-118(108-68-46-25-47-69-108)86-115(105-62-40-22-41-63-105)82-111(78-92(4)5)101-54-32-18-33-55-101/h15-77,92,95-97,111-120H,12-14,78-91H2,1-11H3,(H,131,133)(H,132,134). The van der Waals surface area contributed by atoms with Gasteiger partial charge in [0.1, 0.15) is 0 Å². The number of carbonyl (C=O) groups is 4. The quantitative estimate of drug-likeness (QED) is 0.0372. The minimum Gasteiger partial charge on any atom is -0.326 e. The van der Waals surface area contributed by atoms with Crippen molar-refractivity contribution in [3.05, 3.63) is 477 Å². The number of benzene rings is 13. The van der Waals surface area contributed by atoms with Crippen LogP contribution in [0.2, 0.25) is 0 Å². The number of nitrogens with one attached hydrogen (secondary N) is 2. The van der Waals surface area contributed by atoms with Crippen molar-refractivity contribution >= 4 is 34.8 Å². The van der Waals surface area contributed by atoms with E-state index in [1.165, 1.54) is 72.3 Å². The molecule has 14 rings (SSSR count). The van der Waals surface area contributed by atoms with Gasteiger partial charge < -0.3 is 10.6 Å². The van der Waals surface area contributed by atoms with Crippen molar-refractivity contribution in [1.82, 2.24) is 0 Å². The van der Waals surface area contributed by atoms with E-state index in [1.54, 1.807) is 13.8 Å². The Kier molecular flexibility index (Phi) is 35.8. The molecule has 13 unspecified atom stereocenters. The molecular weight excluding hydrogens is 1650 g/mol. The first-order valence-corrected chi connectivity index (χ1v) is 50.9. The van der Waals surface area contributed by atoms with E-state index in [-0.39, 0.29) is 83.6 Å². The van der Waals surface area contributed by atoms with E-state index in [4.69, 9.17) is 0 Å². The highest BCUT2D eigenvalue weighted by atomic mass is 16.2. The van der Waals surface area contributed by atoms with Crippen LogP contribution in [0.5, 0.6) is 0 Å². The summed E-state index contributed by atoms with van der Waals surface area (Å²) in [4.78, 5) is 60.3. The maximum atomic E-state index is 15.3. The van der Waals surface area contributed by atoms with Crippen LogP contribution in [0.15, 0.2) is 404 Å². The molecule has 13 aromatic rings. The number of rotatable bonds is 48. The van der Waals surface area contributed by atoms with Crippen molar-refractivity contribution in [2.75, 3.05) is 10.6 Å². The highest BCUT2D eigenvalue weighted by molar-refractivity contribution is 6.26. The molecule has 0 spiro atoms. The van der Waals surface area contributed by atoms with Gasteiger partial charge in [0, 0.05) is 57.3 Å². The van der Waals surface area contributed by atoms with E-state index in [0.717, 1.165) is 96.3 Å². The number of Topliss-reactive ketones (excluding diaryl/α,β-unsaturated/α-hetero) is 2. The van der Waals surface area contributed by atoms with Crippen molar-refractivity contribution in [2.45, 2.75) is 262 Å². The number of hydrogen-bond acceptors (Lipinski definition) is 4. The van der Waals surface area contributed by atoms with Crippen molar-refractivity contribution < 1.29 is 19.2 Å². The first kappa shape index (κ1) is 99.6. The molecule has 700 valence electrons. The number of carbonyl (C=O) groups excluding carboxylic acids is 4. The lowest BCUT2D eigenvalue weighted by Crippen LogP contribution is -2.37. The number of anilines is 2. The highest BCUT2D eigenvalue weighted by Gasteiger charge is 2.45. The van der Waals surface area contributed by atoms with E-state index < -0.39 is 10.8 Å². The van der Waals surface area contributed by atoms with Gasteiger partial charge in [0.2, 0.25) is 11.8 Å². The van der Waals surface area contributed by atoms with E-state index in [1.807, 2.05) is 27.7 Å². The van der Waals surface area contributed by atoms with Crippen molar-refractivity contribution in [3.8, 4) is 0 Å². The Morgan fingerprint density at radius 2 is 0.368 bits per heavy atom. The second-order valence-electron chi connectivity index (χ2n) is 41.1. The van der Waals surface area contributed by atoms with Crippen molar-refractivity contribution in [1.29, 1.82) is 0 Å². The second kappa shape index (κ2) is 48.9. The first-order valence-electron chi connectivity index (χ1n) is 50.9. The van der Waals surface area contributed by atoms with Gasteiger partial charge in [0.05, 0.1) is 0 Å². The third-order valence-electron chi connectivity index (χ3n) is 30.3. The average molecular weight is 1800 g/mol. The molecule has 0 radical (unpaired) electrons. The van der Waals surface area contributed by atoms with E-state index in [0.29, 0.717) is 69.2 Å². The minimum atomic E-state index is -1.05. The van der Waals surface area contributed by atoms with Gasteiger partial charge in [-0.05, 0) is 290 Å². The maximum Gasteiger partial charge on any atom is 0.225 e. The lowest BCUT2D eigenvalue weighted by atomic mass is 9.66. The summed E-state index contributed by atoms with van der Waals surface area (Å²) >= 11 is 0. The molecule has 136 heavy (non-hydrogen) atoms. The number of allylic oxidation sites excluding steroid dienone is 4. The lowest BCUT2D eigenvalue weighted by Gasteiger charge is -2.36. The summed E-state index contributed by atoms with van der Waals surface area (Å²) in [5, 5.41) is 6.55. The Hall–Kier alpha value is -12.4. The third kappa shape index (κ3) is 27.1. The molecule has 0 fully saturated rings. The van der Waals surface area contributed by atoms with Crippen LogP contribution in [0.3, 0.4) is 0 Å². The fourth-order valence-electron chi connectivity index (χ4n) is 23.3. The van der Waals surface area contributed by atoms with Gasteiger partial charge in [0.15, 0.2) is 11.6 Å². The van der Waals surface area contributed by atoms with Crippen LogP contribution in [-0.2, 0) is 19.2 Å². The third-order valence-corrected chi connectivity index (χ3v) is 30.3. The zero-order valence-corrected chi connectivity index (χ0v) is 82.6. The molecule has 6 heteroatoms. The average Bonchev–Trinajstić information content (AvgIpc) is 0.742. The van der Waals surface area contributed by atoms with Crippen LogP contribution < -0.4 is 10.6 Å². The number of ketones is 2. The van der Waals surface area contributed by atoms with Gasteiger partial charge in [0.25, 0.3) is 0 Å². The zero-order valence-electron chi connectivity index (χ0n) is 82.6. The maximum absolute atomic E-state index is 15.3. The first-order chi connectivity index (χ1) is 66.1. The smallest absolute Gasteiger partial charge is 0.225 e. The molecule has 13 atom stereocenters. The second-order valence-corrected chi connectivity index (χ2v) is 41.1. The normalized spacial score (nSPS) is 15.5. The molecule has 0 bridgehead atoms. The van der Waals surface area contributed by atoms with Gasteiger partial charge in [-0.1, -0.05) is 420 Å². The fraction of sp³-hybridized carbons (Fsp3) is 0.338. The van der Waals surface area contributed by atoms with Gasteiger partial charge in [-0.15, -0.1) is 0 Å². The predicted octanol–water partition coefficient (Wildman–Crippen LogP) is 34.2. The summed E-state index contributed by atoms with van der Waals surface area (Å²) in [6, 6.07) is 141. The fourth-order valence-corrected chi connectivity index (χ4v) is 23.3. The molecule has 0 saturated carbocycles. The molecule has 0 aromatic heterocycles. The van der Waals surface area contributed by atoms with Gasteiger partial charge in [-0.3, -0.25) is 19.2 Å². The van der Waals surface area contributed by atoms with Crippen LogP contribution in [0.1, 0.15) is 335 Å². The Balaban J connectivity index is 0.707. The summed E-state index contributed by atoms with van der Waals surface area (Å²) in [6.07, 6.45) is 14.8. The van der Waals surface area contributed by atoms with Crippen LogP contribution in [0.4, 0.5) is 11.4 Å². The SMILES string of the molecule is CCC(CC(CC(CC(CC(CC(CC)c1ccccc1)c1ccccc1)c1ccc(NC(=O)CC(C)(C)C2=C(C)C(=O)C(C(C)(C)CC(=O)Nc3ccc(C(CC(CC(CC(CC)c4ccccc4)c4ccccc4)c4ccccc4)CC(CC(CC(CC(C)C)c4ccccc4)c4ccccc4)c4ccccc4)cc3)=C(C)C2=O)cc1)c1ccccc1)c1ccccc1)c1ccccc1. The summed E-state index contributed by atoms with van der Waals surface area (Å²) in [6.45, 7) is 22.8. The van der Waals surface area contributed by atoms with Gasteiger partial charge >= 0.3 is 0 Å². The van der Waals surface area contributed by atoms with E-state index in [9.17, 15) is 9.59 Å². The zero-order chi connectivity index (χ0) is 95.3. The molecule has 13 aromatic carbocycles. The molecule has 2 amide bonds. The van der Waals surface area contributed by atoms with Gasteiger partial charge in [-0.2, -0.15) is 0 Å². The summed E-state index contributed by atoms with van der Waals surface area (Å²) in [5.41, 5.74) is 18.1. The molecule has 6 nitrogen and oxygen atoms in total. The molecular formula is C130H146N2O4. The molecule has 1 aliphatic carbocycles. The van der Waals surface area contributed by atoms with Crippen LogP contribution in [0, 0.1) is 16.7 Å². The topological polar surface area (TPSA) is 92.3 Å². The largest absolute Gasteiger partial charge is 0.326 e. The Bertz CT molecular complexity index is 5900. The van der Waals surface area contributed by atoms with Gasteiger partial charge in [-0.25, -0.2) is 0 Å². The Morgan fingerprint density at radius 3 is 0.529 bits per heavy atom. The number of hydrogen-bond donors (Lipinski definition) is 2. The summed E-state index contributed by atoms with van der Waals surface area (Å²) in [5.74, 6) is 2.94. The number of amides is 2. The van der Waals surface area contributed by atoms with Crippen molar-refractivity contribution in [3.63, 3.8) is 0 Å². The van der Waals surface area contributed by atoms with Crippen LogP contribution in [-0.4, -0.2) is 23.4 Å². The molecule has 2 N–H and O–H groups in total. The summed E-state index contributed by atoms with van der Waals surface area (Å²) in [7, 11) is 0. The van der Waals surface area contributed by atoms with E-state index in [2.05, 4.69) is 427 Å². The molecule has 0 aliphatic heterocycles. The van der Waals surface area contributed by atoms with E-state index >= 15 is 9.59 Å².